The fourth-order valence-corrected chi connectivity index (χ4v) is 4.35. The van der Waals surface area contributed by atoms with Crippen molar-refractivity contribution >= 4 is 49.3 Å². The maximum Gasteiger partial charge on any atom is 0.0394 e. The summed E-state index contributed by atoms with van der Waals surface area (Å²) in [6.07, 6.45) is 1.15. The molecule has 0 saturated carbocycles. The van der Waals surface area contributed by atoms with Crippen LogP contribution in [-0.4, -0.2) is 5.75 Å². The molecule has 100 valence electrons. The van der Waals surface area contributed by atoms with Crippen LogP contribution in [0.25, 0.3) is 11.1 Å². The van der Waals surface area contributed by atoms with Gasteiger partial charge in [-0.25, -0.2) is 0 Å². The van der Waals surface area contributed by atoms with Crippen LogP contribution in [0, 0.1) is 0 Å². The van der Waals surface area contributed by atoms with Gasteiger partial charge in [-0.1, -0.05) is 41.1 Å². The van der Waals surface area contributed by atoms with Gasteiger partial charge in [0.1, 0.15) is 0 Å². The fourth-order valence-electron chi connectivity index (χ4n) is 1.85. The smallest absolute Gasteiger partial charge is 0.0394 e. The summed E-state index contributed by atoms with van der Waals surface area (Å²) in [4.78, 5) is 1.25. The van der Waals surface area contributed by atoms with Crippen LogP contribution in [0.3, 0.4) is 0 Å². The predicted octanol–water partition coefficient (Wildman–Crippen LogP) is 5.96. The van der Waals surface area contributed by atoms with E-state index in [9.17, 15) is 0 Å². The lowest BCUT2D eigenvalue weighted by Gasteiger charge is -2.14. The van der Waals surface area contributed by atoms with Gasteiger partial charge >= 0.3 is 0 Å². The Morgan fingerprint density at radius 3 is 2.53 bits per heavy atom. The number of thioether (sulfide) groups is 1. The van der Waals surface area contributed by atoms with E-state index in [4.69, 9.17) is 5.73 Å². The molecule has 0 amide bonds. The summed E-state index contributed by atoms with van der Waals surface area (Å²) in [7, 11) is 0. The van der Waals surface area contributed by atoms with Gasteiger partial charge in [0.15, 0.2) is 0 Å². The lowest BCUT2D eigenvalue weighted by atomic mass is 10.0. The fraction of sp³-hybridized carbons (Fsp3) is 0.200. The molecule has 0 aliphatic heterocycles. The zero-order chi connectivity index (χ0) is 13.8. The Balaban J connectivity index is 2.57. The van der Waals surface area contributed by atoms with E-state index in [0.29, 0.717) is 0 Å². The van der Waals surface area contributed by atoms with Gasteiger partial charge in [0.05, 0.1) is 0 Å². The molecule has 1 nitrogen and oxygen atoms in total. The van der Waals surface area contributed by atoms with Crippen LogP contribution in [0.2, 0.25) is 0 Å². The largest absolute Gasteiger partial charge is 0.398 e. The third-order valence-corrected chi connectivity index (χ3v) is 5.40. The van der Waals surface area contributed by atoms with Crippen molar-refractivity contribution in [3.8, 4) is 11.1 Å². The summed E-state index contributed by atoms with van der Waals surface area (Å²) in [6, 6.07) is 12.2. The Kier molecular flexibility index (Phi) is 5.37. The zero-order valence-electron chi connectivity index (χ0n) is 10.6. The van der Waals surface area contributed by atoms with Crippen molar-refractivity contribution in [2.45, 2.75) is 18.2 Å². The van der Waals surface area contributed by atoms with Crippen LogP contribution < -0.4 is 5.73 Å². The van der Waals surface area contributed by atoms with Crippen molar-refractivity contribution in [3.05, 3.63) is 45.3 Å². The molecule has 0 aliphatic rings. The maximum atomic E-state index is 6.11. The van der Waals surface area contributed by atoms with Gasteiger partial charge < -0.3 is 5.73 Å². The number of para-hydroxylation sites is 1. The van der Waals surface area contributed by atoms with Gasteiger partial charge in [-0.3, -0.25) is 0 Å². The summed E-state index contributed by atoms with van der Waals surface area (Å²) in [6.45, 7) is 2.19. The minimum absolute atomic E-state index is 0.811. The highest BCUT2D eigenvalue weighted by Crippen LogP contribution is 2.41. The van der Waals surface area contributed by atoms with Gasteiger partial charge in [0.25, 0.3) is 0 Å². The first-order chi connectivity index (χ1) is 9.13. The monoisotopic (exact) mass is 399 g/mol. The van der Waals surface area contributed by atoms with Crippen LogP contribution in [0.4, 0.5) is 5.69 Å². The summed E-state index contributed by atoms with van der Waals surface area (Å²) < 4.78 is 2.16. The molecule has 2 aromatic rings. The second-order valence-electron chi connectivity index (χ2n) is 4.20. The van der Waals surface area contributed by atoms with E-state index in [-0.39, 0.29) is 0 Å². The SMILES string of the molecule is CCCSc1c(Br)cc(Br)cc1-c1ccccc1N. The Labute approximate surface area is 135 Å². The normalized spacial score (nSPS) is 10.7. The van der Waals surface area contributed by atoms with Crippen LogP contribution in [0.5, 0.6) is 0 Å². The molecule has 0 unspecified atom stereocenters. The summed E-state index contributed by atoms with van der Waals surface area (Å²) in [5.41, 5.74) is 9.19. The number of anilines is 1. The average molecular weight is 401 g/mol. The molecule has 2 rings (SSSR count). The Morgan fingerprint density at radius 1 is 1.11 bits per heavy atom. The standard InChI is InChI=1S/C15H15Br2NS/c1-2-7-19-15-12(8-10(16)9-13(15)17)11-5-3-4-6-14(11)18/h3-6,8-9H,2,7,18H2,1H3. The van der Waals surface area contributed by atoms with E-state index in [1.165, 1.54) is 10.5 Å². The van der Waals surface area contributed by atoms with Crippen molar-refractivity contribution < 1.29 is 0 Å². The Morgan fingerprint density at radius 2 is 1.84 bits per heavy atom. The zero-order valence-corrected chi connectivity index (χ0v) is 14.6. The van der Waals surface area contributed by atoms with Crippen molar-refractivity contribution in [1.82, 2.24) is 0 Å². The molecule has 0 fully saturated rings. The van der Waals surface area contributed by atoms with E-state index in [2.05, 4.69) is 57.0 Å². The molecular weight excluding hydrogens is 386 g/mol. The average Bonchev–Trinajstić information content (AvgIpc) is 2.37. The number of nitrogen functional groups attached to an aromatic ring is 1. The van der Waals surface area contributed by atoms with E-state index >= 15 is 0 Å². The molecule has 2 aromatic carbocycles. The molecule has 0 aromatic heterocycles. The van der Waals surface area contributed by atoms with Crippen molar-refractivity contribution in [1.29, 1.82) is 0 Å². The minimum Gasteiger partial charge on any atom is -0.398 e. The highest BCUT2D eigenvalue weighted by Gasteiger charge is 2.12. The lowest BCUT2D eigenvalue weighted by molar-refractivity contribution is 1.10. The molecule has 0 bridgehead atoms. The molecule has 0 atom stereocenters. The highest BCUT2D eigenvalue weighted by molar-refractivity contribution is 9.11. The number of hydrogen-bond acceptors (Lipinski definition) is 2. The highest BCUT2D eigenvalue weighted by atomic mass is 79.9. The Bertz CT molecular complexity index is 584. The summed E-state index contributed by atoms with van der Waals surface area (Å²) in [5, 5.41) is 0. The molecule has 2 N–H and O–H groups in total. The summed E-state index contributed by atoms with van der Waals surface area (Å²) in [5.74, 6) is 1.10. The Hall–Kier alpha value is -0.450. The molecule has 19 heavy (non-hydrogen) atoms. The summed E-state index contributed by atoms with van der Waals surface area (Å²) >= 11 is 9.08. The molecule has 4 heteroatoms. The van der Waals surface area contributed by atoms with Crippen LogP contribution in [0.1, 0.15) is 13.3 Å². The second kappa shape index (κ2) is 6.82. The van der Waals surface area contributed by atoms with Gasteiger partial charge in [-0.05, 0) is 51.9 Å². The second-order valence-corrected chi connectivity index (χ2v) is 7.08. The quantitative estimate of drug-likeness (QED) is 0.505. The van der Waals surface area contributed by atoms with Crippen LogP contribution >= 0.6 is 43.6 Å². The van der Waals surface area contributed by atoms with Crippen molar-refractivity contribution in [2.24, 2.45) is 0 Å². The van der Waals surface area contributed by atoms with Gasteiger partial charge in [-0.2, -0.15) is 0 Å². The van der Waals surface area contributed by atoms with E-state index in [0.717, 1.165) is 32.4 Å². The molecule has 0 spiro atoms. The van der Waals surface area contributed by atoms with E-state index in [1.807, 2.05) is 30.0 Å². The van der Waals surface area contributed by atoms with Crippen molar-refractivity contribution in [3.63, 3.8) is 0 Å². The first-order valence-electron chi connectivity index (χ1n) is 6.10. The third kappa shape index (κ3) is 3.56. The van der Waals surface area contributed by atoms with E-state index in [1.54, 1.807) is 0 Å². The van der Waals surface area contributed by atoms with Gasteiger partial charge in [-0.15, -0.1) is 11.8 Å². The number of halogens is 2. The topological polar surface area (TPSA) is 26.0 Å². The lowest BCUT2D eigenvalue weighted by Crippen LogP contribution is -1.92. The molecule has 0 radical (unpaired) electrons. The molecule has 0 aliphatic carbocycles. The molecule has 0 heterocycles. The van der Waals surface area contributed by atoms with Gasteiger partial charge in [0, 0.05) is 25.1 Å². The molecular formula is C15H15Br2NS. The number of hydrogen-bond donors (Lipinski definition) is 1. The maximum absolute atomic E-state index is 6.11. The van der Waals surface area contributed by atoms with E-state index < -0.39 is 0 Å². The molecule has 0 saturated heterocycles. The minimum atomic E-state index is 0.811. The van der Waals surface area contributed by atoms with Crippen LogP contribution in [-0.2, 0) is 0 Å². The third-order valence-electron chi connectivity index (χ3n) is 2.71. The van der Waals surface area contributed by atoms with Crippen LogP contribution in [0.15, 0.2) is 50.2 Å². The van der Waals surface area contributed by atoms with Crippen molar-refractivity contribution in [2.75, 3.05) is 11.5 Å². The number of rotatable bonds is 4. The number of benzene rings is 2. The first kappa shape index (κ1) is 14.9. The predicted molar refractivity (Wildman–Crippen MR) is 92.7 cm³/mol. The van der Waals surface area contributed by atoms with Gasteiger partial charge in [0.2, 0.25) is 0 Å². The first-order valence-corrected chi connectivity index (χ1v) is 8.67. The number of nitrogens with two attached hydrogens (primary N) is 1.